The first-order valence-corrected chi connectivity index (χ1v) is 9.86. The molecule has 0 radical (unpaired) electrons. The second-order valence-electron chi connectivity index (χ2n) is 9.51. The van der Waals surface area contributed by atoms with E-state index in [0.29, 0.717) is 17.6 Å². The third kappa shape index (κ3) is 2.86. The van der Waals surface area contributed by atoms with Gasteiger partial charge in [-0.05, 0) is 36.5 Å². The standard InChI is InChI=1S/C22H30O5/c1-11(2)15-18(24)16-13(27-12(3)23)10-14-21(4,5)8-7-9-22(14,6)17(16)20(26)19(15)25/h11,13-14,24H,7-10H2,1-6H3. The number of ether oxygens (including phenoxy) is 1. The van der Waals surface area contributed by atoms with E-state index in [0.717, 1.165) is 19.3 Å². The van der Waals surface area contributed by atoms with Crippen molar-refractivity contribution in [3.8, 4) is 0 Å². The number of hydrogen-bond acceptors (Lipinski definition) is 5. The van der Waals surface area contributed by atoms with E-state index in [1.165, 1.54) is 6.92 Å². The van der Waals surface area contributed by atoms with Crippen LogP contribution < -0.4 is 0 Å². The molecule has 3 aliphatic rings. The minimum absolute atomic E-state index is 0.0507. The van der Waals surface area contributed by atoms with E-state index < -0.39 is 29.1 Å². The summed E-state index contributed by atoms with van der Waals surface area (Å²) in [6.45, 7) is 11.3. The SMILES string of the molecule is CC(=O)OC1CC2C(C)(C)CCCC2(C)C2=C1C(O)=C(C(C)C)C(=O)C2=O. The Hall–Kier alpha value is -1.91. The largest absolute Gasteiger partial charge is 0.507 e. The lowest BCUT2D eigenvalue weighted by Crippen LogP contribution is -2.53. The van der Waals surface area contributed by atoms with Gasteiger partial charge in [-0.25, -0.2) is 0 Å². The maximum atomic E-state index is 13.2. The van der Waals surface area contributed by atoms with Crippen molar-refractivity contribution < 1.29 is 24.2 Å². The van der Waals surface area contributed by atoms with Crippen LogP contribution in [0.3, 0.4) is 0 Å². The van der Waals surface area contributed by atoms with Crippen LogP contribution in [0.5, 0.6) is 0 Å². The third-order valence-corrected chi connectivity index (χ3v) is 6.92. The van der Waals surface area contributed by atoms with Gasteiger partial charge in [0.15, 0.2) is 0 Å². The zero-order chi connectivity index (χ0) is 20.3. The number of aliphatic hydroxyl groups excluding tert-OH is 1. The van der Waals surface area contributed by atoms with Gasteiger partial charge in [0.05, 0.1) is 0 Å². The van der Waals surface area contributed by atoms with Crippen molar-refractivity contribution in [1.29, 1.82) is 0 Å². The van der Waals surface area contributed by atoms with E-state index >= 15 is 0 Å². The molecule has 0 saturated heterocycles. The lowest BCUT2D eigenvalue weighted by atomic mass is 9.48. The van der Waals surface area contributed by atoms with E-state index in [4.69, 9.17) is 4.74 Å². The Bertz CT molecular complexity index is 783. The van der Waals surface area contributed by atoms with Crippen LogP contribution in [-0.4, -0.2) is 28.7 Å². The molecule has 1 N–H and O–H groups in total. The molecule has 5 heteroatoms. The van der Waals surface area contributed by atoms with Crippen LogP contribution >= 0.6 is 0 Å². The lowest BCUT2D eigenvalue weighted by Gasteiger charge is -2.56. The van der Waals surface area contributed by atoms with Gasteiger partial charge in [0.25, 0.3) is 0 Å². The molecular formula is C22H30O5. The van der Waals surface area contributed by atoms with Gasteiger partial charge in [-0.3, -0.25) is 14.4 Å². The summed E-state index contributed by atoms with van der Waals surface area (Å²) >= 11 is 0. The maximum absolute atomic E-state index is 13.2. The van der Waals surface area contributed by atoms with Gasteiger partial charge >= 0.3 is 5.97 Å². The average Bonchev–Trinajstić information content (AvgIpc) is 2.52. The molecule has 3 rings (SSSR count). The number of hydrogen-bond donors (Lipinski definition) is 1. The molecule has 0 aliphatic heterocycles. The average molecular weight is 374 g/mol. The van der Waals surface area contributed by atoms with E-state index in [9.17, 15) is 19.5 Å². The fraction of sp³-hybridized carbons (Fsp3) is 0.682. The van der Waals surface area contributed by atoms with Crippen molar-refractivity contribution in [3.05, 3.63) is 22.5 Å². The first-order valence-electron chi connectivity index (χ1n) is 9.86. The van der Waals surface area contributed by atoms with Gasteiger partial charge in [0.1, 0.15) is 11.9 Å². The predicted octanol–water partition coefficient (Wildman–Crippen LogP) is 4.07. The van der Waals surface area contributed by atoms with Crippen molar-refractivity contribution in [2.75, 3.05) is 0 Å². The molecule has 3 aliphatic carbocycles. The summed E-state index contributed by atoms with van der Waals surface area (Å²) < 4.78 is 5.58. The van der Waals surface area contributed by atoms with Crippen LogP contribution in [0.25, 0.3) is 0 Å². The molecule has 0 heterocycles. The predicted molar refractivity (Wildman–Crippen MR) is 101 cm³/mol. The number of rotatable bonds is 2. The van der Waals surface area contributed by atoms with E-state index in [-0.39, 0.29) is 28.6 Å². The molecular weight excluding hydrogens is 344 g/mol. The number of allylic oxidation sites excluding steroid dienone is 2. The summed E-state index contributed by atoms with van der Waals surface area (Å²) in [4.78, 5) is 37.8. The maximum Gasteiger partial charge on any atom is 0.303 e. The minimum Gasteiger partial charge on any atom is -0.507 e. The van der Waals surface area contributed by atoms with Crippen LogP contribution in [0.15, 0.2) is 22.5 Å². The fourth-order valence-corrected chi connectivity index (χ4v) is 5.79. The van der Waals surface area contributed by atoms with Crippen molar-refractivity contribution in [3.63, 3.8) is 0 Å². The highest BCUT2D eigenvalue weighted by atomic mass is 16.5. The van der Waals surface area contributed by atoms with Crippen molar-refractivity contribution >= 4 is 17.5 Å². The first kappa shape index (κ1) is 19.8. The Morgan fingerprint density at radius 2 is 1.78 bits per heavy atom. The zero-order valence-electron chi connectivity index (χ0n) is 17.1. The van der Waals surface area contributed by atoms with Crippen molar-refractivity contribution in [2.45, 2.75) is 73.3 Å². The molecule has 1 saturated carbocycles. The van der Waals surface area contributed by atoms with E-state index in [1.807, 2.05) is 6.92 Å². The highest BCUT2D eigenvalue weighted by Crippen LogP contribution is 2.61. The van der Waals surface area contributed by atoms with Gasteiger partial charge in [-0.1, -0.05) is 41.0 Å². The van der Waals surface area contributed by atoms with Gasteiger partial charge in [-0.15, -0.1) is 0 Å². The number of Topliss-reactive ketones (excluding diaryl/α,β-unsaturated/α-hetero) is 2. The van der Waals surface area contributed by atoms with Crippen LogP contribution in [-0.2, 0) is 19.1 Å². The van der Waals surface area contributed by atoms with Gasteiger partial charge < -0.3 is 9.84 Å². The topological polar surface area (TPSA) is 80.7 Å². The number of aliphatic hydroxyl groups is 1. The highest BCUT2D eigenvalue weighted by molar-refractivity contribution is 6.50. The molecule has 0 spiro atoms. The Kier molecular flexibility index (Phi) is 4.64. The number of esters is 1. The molecule has 5 nitrogen and oxygen atoms in total. The Labute approximate surface area is 160 Å². The number of ketones is 2. The molecule has 1 fully saturated rings. The van der Waals surface area contributed by atoms with E-state index in [2.05, 4.69) is 13.8 Å². The first-order chi connectivity index (χ1) is 12.4. The lowest BCUT2D eigenvalue weighted by molar-refractivity contribution is -0.149. The van der Waals surface area contributed by atoms with Gasteiger partial charge in [0, 0.05) is 29.1 Å². The molecule has 3 atom stereocenters. The third-order valence-electron chi connectivity index (χ3n) is 6.92. The minimum atomic E-state index is -0.696. The number of fused-ring (bicyclic) bond motifs is 2. The Morgan fingerprint density at radius 1 is 1.15 bits per heavy atom. The molecule has 0 aromatic rings. The van der Waals surface area contributed by atoms with Crippen LogP contribution in [0.4, 0.5) is 0 Å². The monoisotopic (exact) mass is 374 g/mol. The quantitative estimate of drug-likeness (QED) is 0.448. The summed E-state index contributed by atoms with van der Waals surface area (Å²) in [6, 6.07) is 0. The van der Waals surface area contributed by atoms with Crippen LogP contribution in [0, 0.1) is 22.7 Å². The second-order valence-corrected chi connectivity index (χ2v) is 9.51. The molecule has 27 heavy (non-hydrogen) atoms. The van der Waals surface area contributed by atoms with Gasteiger partial charge in [0.2, 0.25) is 11.6 Å². The molecule has 0 aromatic heterocycles. The van der Waals surface area contributed by atoms with Crippen molar-refractivity contribution in [2.24, 2.45) is 22.7 Å². The van der Waals surface area contributed by atoms with Gasteiger partial charge in [-0.2, -0.15) is 0 Å². The highest BCUT2D eigenvalue weighted by Gasteiger charge is 2.58. The Balaban J connectivity index is 2.30. The molecule has 3 unspecified atom stereocenters. The summed E-state index contributed by atoms with van der Waals surface area (Å²) in [7, 11) is 0. The fourth-order valence-electron chi connectivity index (χ4n) is 5.79. The summed E-state index contributed by atoms with van der Waals surface area (Å²) in [5.74, 6) is -1.96. The van der Waals surface area contributed by atoms with Crippen LogP contribution in [0.1, 0.15) is 67.2 Å². The smallest absolute Gasteiger partial charge is 0.303 e. The Morgan fingerprint density at radius 3 is 2.33 bits per heavy atom. The number of carbonyl (C=O) groups is 3. The molecule has 0 amide bonds. The summed E-state index contributed by atoms with van der Waals surface area (Å²) in [5, 5.41) is 11.0. The zero-order valence-corrected chi connectivity index (χ0v) is 17.1. The van der Waals surface area contributed by atoms with Crippen molar-refractivity contribution in [1.82, 2.24) is 0 Å². The second kappa shape index (κ2) is 6.32. The summed E-state index contributed by atoms with van der Waals surface area (Å²) in [5.41, 5.74) is 0.328. The molecule has 0 bridgehead atoms. The normalized spacial score (nSPS) is 33.1. The number of carbonyl (C=O) groups excluding carboxylic acids is 3. The molecule has 0 aromatic carbocycles. The summed E-state index contributed by atoms with van der Waals surface area (Å²) in [6.07, 6.45) is 2.62. The van der Waals surface area contributed by atoms with E-state index in [1.54, 1.807) is 13.8 Å². The van der Waals surface area contributed by atoms with Crippen LogP contribution in [0.2, 0.25) is 0 Å². The molecule has 148 valence electrons.